The van der Waals surface area contributed by atoms with Crippen LogP contribution in [0.1, 0.15) is 21.5 Å². The Bertz CT molecular complexity index is 1130. The molecule has 1 amide bonds. The number of hydrogen-bond donors (Lipinski definition) is 1. The third-order valence-electron chi connectivity index (χ3n) is 5.12. The Morgan fingerprint density at radius 3 is 2.09 bits per heavy atom. The van der Waals surface area contributed by atoms with E-state index in [1.54, 1.807) is 12.1 Å². The lowest BCUT2D eigenvalue weighted by molar-refractivity contribution is -0.144. The molecule has 0 aliphatic carbocycles. The second-order valence-corrected chi connectivity index (χ2v) is 7.55. The van der Waals surface area contributed by atoms with Gasteiger partial charge in [-0.05, 0) is 29.3 Å². The molecule has 0 aliphatic rings. The van der Waals surface area contributed by atoms with Crippen molar-refractivity contribution in [2.45, 2.75) is 19.1 Å². The molecule has 0 heterocycles. The maximum absolute atomic E-state index is 12.9. The van der Waals surface area contributed by atoms with E-state index in [2.05, 4.69) is 5.32 Å². The number of alkyl carbamates (subject to hydrolysis) is 1. The average molecular weight is 478 g/mol. The first-order valence-electron chi connectivity index (χ1n) is 10.9. The van der Waals surface area contributed by atoms with E-state index in [1.807, 2.05) is 60.7 Å². The molecule has 8 nitrogen and oxygen atoms in total. The molecule has 0 spiro atoms. The predicted octanol–water partition coefficient (Wildman–Crippen LogP) is 3.97. The Morgan fingerprint density at radius 1 is 0.800 bits per heavy atom. The zero-order valence-electron chi connectivity index (χ0n) is 19.6. The monoisotopic (exact) mass is 477 g/mol. The van der Waals surface area contributed by atoms with Crippen LogP contribution in [-0.4, -0.2) is 44.7 Å². The predicted molar refractivity (Wildman–Crippen MR) is 129 cm³/mol. The molecule has 1 atom stereocenters. The number of methoxy groups -OCH3 is 2. The molecule has 0 bridgehead atoms. The van der Waals surface area contributed by atoms with Crippen molar-refractivity contribution in [1.29, 1.82) is 0 Å². The van der Waals surface area contributed by atoms with Crippen molar-refractivity contribution in [3.8, 4) is 11.5 Å². The number of esters is 1. The van der Waals surface area contributed by atoms with E-state index < -0.39 is 30.5 Å². The van der Waals surface area contributed by atoms with Crippen LogP contribution >= 0.6 is 0 Å². The summed E-state index contributed by atoms with van der Waals surface area (Å²) in [4.78, 5) is 38.0. The van der Waals surface area contributed by atoms with Gasteiger partial charge in [0.1, 0.15) is 24.1 Å². The summed E-state index contributed by atoms with van der Waals surface area (Å²) in [5.41, 5.74) is 1.83. The van der Waals surface area contributed by atoms with Crippen LogP contribution in [0, 0.1) is 0 Å². The molecule has 3 aromatic carbocycles. The Hall–Kier alpha value is -4.33. The lowest BCUT2D eigenvalue weighted by atomic mass is 10.1. The van der Waals surface area contributed by atoms with Gasteiger partial charge in [0.2, 0.25) is 5.78 Å². The van der Waals surface area contributed by atoms with Gasteiger partial charge in [0.25, 0.3) is 0 Å². The number of benzene rings is 3. The van der Waals surface area contributed by atoms with Crippen molar-refractivity contribution in [2.24, 2.45) is 0 Å². The van der Waals surface area contributed by atoms with E-state index in [0.29, 0.717) is 11.5 Å². The van der Waals surface area contributed by atoms with Crippen molar-refractivity contribution in [1.82, 2.24) is 5.32 Å². The number of ketones is 1. The number of Topliss-reactive ketones (excluding diaryl/α,β-unsaturated/α-hetero) is 1. The van der Waals surface area contributed by atoms with Crippen LogP contribution < -0.4 is 14.8 Å². The smallest absolute Gasteiger partial charge is 0.408 e. The summed E-state index contributed by atoms with van der Waals surface area (Å²) in [6, 6.07) is 22.0. The van der Waals surface area contributed by atoms with Gasteiger partial charge in [-0.25, -0.2) is 9.59 Å². The zero-order chi connectivity index (χ0) is 25.0. The van der Waals surface area contributed by atoms with E-state index >= 15 is 0 Å². The maximum Gasteiger partial charge on any atom is 0.408 e. The van der Waals surface area contributed by atoms with Crippen molar-refractivity contribution in [3.63, 3.8) is 0 Å². The van der Waals surface area contributed by atoms with Gasteiger partial charge in [-0.1, -0.05) is 60.7 Å². The van der Waals surface area contributed by atoms with Gasteiger partial charge in [-0.15, -0.1) is 0 Å². The molecule has 0 aliphatic heterocycles. The van der Waals surface area contributed by atoms with Crippen LogP contribution in [0.25, 0.3) is 0 Å². The second kappa shape index (κ2) is 12.8. The fourth-order valence-corrected chi connectivity index (χ4v) is 3.30. The Kier molecular flexibility index (Phi) is 9.24. The highest BCUT2D eigenvalue weighted by molar-refractivity contribution is 6.01. The van der Waals surface area contributed by atoms with E-state index in [0.717, 1.165) is 11.1 Å². The van der Waals surface area contributed by atoms with Gasteiger partial charge in [0, 0.05) is 6.42 Å². The number of carbonyl (C=O) groups excluding carboxylic acids is 3. The van der Waals surface area contributed by atoms with Crippen LogP contribution in [0.5, 0.6) is 11.5 Å². The van der Waals surface area contributed by atoms with Gasteiger partial charge in [-0.3, -0.25) is 4.79 Å². The molecule has 3 rings (SSSR count). The van der Waals surface area contributed by atoms with Crippen LogP contribution in [0.15, 0.2) is 78.9 Å². The largest absolute Gasteiger partial charge is 0.497 e. The third-order valence-corrected chi connectivity index (χ3v) is 5.12. The summed E-state index contributed by atoms with van der Waals surface area (Å²) >= 11 is 0. The lowest BCUT2D eigenvalue weighted by Crippen LogP contribution is -2.44. The number of rotatable bonds is 11. The molecule has 8 heteroatoms. The fraction of sp³-hybridized carbons (Fsp3) is 0.222. The third kappa shape index (κ3) is 7.60. The molecule has 3 aromatic rings. The summed E-state index contributed by atoms with van der Waals surface area (Å²) in [6.45, 7) is -0.484. The molecule has 0 radical (unpaired) electrons. The van der Waals surface area contributed by atoms with E-state index in [9.17, 15) is 14.4 Å². The summed E-state index contributed by atoms with van der Waals surface area (Å²) < 4.78 is 20.9. The average Bonchev–Trinajstić information content (AvgIpc) is 2.90. The first-order chi connectivity index (χ1) is 17.0. The van der Waals surface area contributed by atoms with Crippen molar-refractivity contribution < 1.29 is 33.3 Å². The van der Waals surface area contributed by atoms with Gasteiger partial charge >= 0.3 is 12.1 Å². The molecule has 35 heavy (non-hydrogen) atoms. The number of nitrogens with one attached hydrogen (secondary N) is 1. The summed E-state index contributed by atoms with van der Waals surface area (Å²) in [5.74, 6) is -0.444. The number of amides is 1. The van der Waals surface area contributed by atoms with E-state index in [4.69, 9.17) is 18.9 Å². The van der Waals surface area contributed by atoms with Crippen LogP contribution in [0.2, 0.25) is 0 Å². The Labute approximate surface area is 203 Å². The molecule has 1 N–H and O–H groups in total. The van der Waals surface area contributed by atoms with E-state index in [1.165, 1.54) is 20.3 Å². The van der Waals surface area contributed by atoms with Gasteiger partial charge in [0.05, 0.1) is 19.8 Å². The highest BCUT2D eigenvalue weighted by Gasteiger charge is 2.25. The highest BCUT2D eigenvalue weighted by atomic mass is 16.6. The molecule has 182 valence electrons. The minimum atomic E-state index is -1.05. The maximum atomic E-state index is 12.9. The molecular weight excluding hydrogens is 450 g/mol. The quantitative estimate of drug-likeness (QED) is 0.329. The zero-order valence-corrected chi connectivity index (χ0v) is 19.6. The van der Waals surface area contributed by atoms with Gasteiger partial charge < -0.3 is 24.3 Å². The standard InChI is InChI=1S/C27H27NO7/c1-32-21-13-14-25(33-2)22(16-21)24(29)18-34-26(30)23(15-19-9-5-3-6-10-19)28-27(31)35-17-20-11-7-4-8-12-20/h3-14,16,23H,15,17-18H2,1-2H3,(H,28,31)/t23-/m0/s1. The summed E-state index contributed by atoms with van der Waals surface area (Å²) in [6.07, 6.45) is -0.607. The molecule has 0 saturated carbocycles. The topological polar surface area (TPSA) is 100 Å². The Morgan fingerprint density at radius 2 is 1.46 bits per heavy atom. The second-order valence-electron chi connectivity index (χ2n) is 7.55. The van der Waals surface area contributed by atoms with Crippen molar-refractivity contribution in [3.05, 3.63) is 95.6 Å². The first kappa shape index (κ1) is 25.3. The molecule has 0 unspecified atom stereocenters. The van der Waals surface area contributed by atoms with E-state index in [-0.39, 0.29) is 18.6 Å². The molecule has 0 fully saturated rings. The molecule has 0 aromatic heterocycles. The van der Waals surface area contributed by atoms with Crippen LogP contribution in [0.3, 0.4) is 0 Å². The normalized spacial score (nSPS) is 11.1. The molecule has 0 saturated heterocycles. The SMILES string of the molecule is COc1ccc(OC)c(C(=O)COC(=O)[C@H](Cc2ccccc2)NC(=O)OCc2ccccc2)c1. The van der Waals surface area contributed by atoms with Crippen LogP contribution in [0.4, 0.5) is 4.79 Å². The molecular formula is C27H27NO7. The minimum absolute atomic E-state index is 0.0495. The van der Waals surface area contributed by atoms with Crippen molar-refractivity contribution >= 4 is 17.8 Å². The van der Waals surface area contributed by atoms with Gasteiger partial charge in [0.15, 0.2) is 6.61 Å². The summed E-state index contributed by atoms with van der Waals surface area (Å²) in [7, 11) is 2.91. The first-order valence-corrected chi connectivity index (χ1v) is 10.9. The fourth-order valence-electron chi connectivity index (χ4n) is 3.30. The highest BCUT2D eigenvalue weighted by Crippen LogP contribution is 2.24. The number of hydrogen-bond acceptors (Lipinski definition) is 7. The minimum Gasteiger partial charge on any atom is -0.497 e. The van der Waals surface area contributed by atoms with Crippen LogP contribution in [-0.2, 0) is 27.3 Å². The number of ether oxygens (including phenoxy) is 4. The van der Waals surface area contributed by atoms with Crippen molar-refractivity contribution in [2.75, 3.05) is 20.8 Å². The Balaban J connectivity index is 1.65. The lowest BCUT2D eigenvalue weighted by Gasteiger charge is -2.18. The van der Waals surface area contributed by atoms with Gasteiger partial charge in [-0.2, -0.15) is 0 Å². The summed E-state index contributed by atoms with van der Waals surface area (Å²) in [5, 5.41) is 2.55. The number of carbonyl (C=O) groups is 3.